The van der Waals surface area contributed by atoms with Gasteiger partial charge >= 0.3 is 0 Å². The fourth-order valence-corrected chi connectivity index (χ4v) is 7.98. The molecule has 3 fully saturated rings. The molecule has 0 radical (unpaired) electrons. The van der Waals surface area contributed by atoms with Crippen molar-refractivity contribution in [1.29, 1.82) is 0 Å². The molecule has 2 heterocycles. The number of nitrogens with two attached hydrogens (primary N) is 1. The van der Waals surface area contributed by atoms with Crippen molar-refractivity contribution < 1.29 is 9.53 Å². The maximum atomic E-state index is 11.5. The van der Waals surface area contributed by atoms with Gasteiger partial charge in [-0.25, -0.2) is 0 Å². The van der Waals surface area contributed by atoms with E-state index in [1.54, 1.807) is 7.11 Å². The van der Waals surface area contributed by atoms with Gasteiger partial charge in [0.25, 0.3) is 0 Å². The van der Waals surface area contributed by atoms with E-state index >= 15 is 0 Å². The van der Waals surface area contributed by atoms with Crippen LogP contribution in [0.3, 0.4) is 0 Å². The number of piperazine rings is 1. The van der Waals surface area contributed by atoms with E-state index in [-0.39, 0.29) is 5.91 Å². The Morgan fingerprint density at radius 2 is 1.56 bits per heavy atom. The topological polar surface area (TPSA) is 62.0 Å². The highest BCUT2D eigenvalue weighted by molar-refractivity contribution is 5.93. The molecular weight excluding hydrogens is 532 g/mol. The summed E-state index contributed by atoms with van der Waals surface area (Å²) >= 11 is 0. The number of piperidine rings is 1. The molecule has 0 bridgehead atoms. The SMILES string of the molecule is COc1ccc(C(C)N2CCN(C3CC4(CCN(c5ccc(C(N)=O)cc5)CC4)C3)C(c3ccccc3C(C)C)C2)cc1. The summed E-state index contributed by atoms with van der Waals surface area (Å²) in [6.07, 6.45) is 5.08. The van der Waals surface area contributed by atoms with Crippen LogP contribution in [-0.4, -0.2) is 61.6 Å². The zero-order valence-electron chi connectivity index (χ0n) is 26.3. The normalized spacial score (nSPS) is 22.0. The average molecular weight is 581 g/mol. The van der Waals surface area contributed by atoms with E-state index < -0.39 is 0 Å². The quantitative estimate of drug-likeness (QED) is 0.318. The smallest absolute Gasteiger partial charge is 0.248 e. The largest absolute Gasteiger partial charge is 0.497 e. The van der Waals surface area contributed by atoms with Crippen LogP contribution in [0.5, 0.6) is 5.75 Å². The number of anilines is 1. The molecule has 43 heavy (non-hydrogen) atoms. The van der Waals surface area contributed by atoms with E-state index in [9.17, 15) is 4.79 Å². The van der Waals surface area contributed by atoms with Gasteiger partial charge < -0.3 is 15.4 Å². The summed E-state index contributed by atoms with van der Waals surface area (Å²) in [7, 11) is 1.73. The fourth-order valence-electron chi connectivity index (χ4n) is 7.98. The van der Waals surface area contributed by atoms with Gasteiger partial charge in [-0.1, -0.05) is 50.2 Å². The lowest BCUT2D eigenvalue weighted by atomic mass is 9.59. The van der Waals surface area contributed by atoms with Crippen LogP contribution in [0.2, 0.25) is 0 Å². The van der Waals surface area contributed by atoms with Crippen molar-refractivity contribution in [1.82, 2.24) is 9.80 Å². The summed E-state index contributed by atoms with van der Waals surface area (Å²) in [6, 6.07) is 27.0. The van der Waals surface area contributed by atoms with Crippen molar-refractivity contribution in [2.24, 2.45) is 11.1 Å². The van der Waals surface area contributed by atoms with Crippen LogP contribution in [-0.2, 0) is 0 Å². The third-order valence-electron chi connectivity index (χ3n) is 10.7. The molecule has 1 amide bonds. The van der Waals surface area contributed by atoms with Crippen LogP contribution in [0.25, 0.3) is 0 Å². The highest BCUT2D eigenvalue weighted by atomic mass is 16.5. The first-order chi connectivity index (χ1) is 20.8. The van der Waals surface area contributed by atoms with Gasteiger partial charge in [-0.15, -0.1) is 0 Å². The molecule has 2 unspecified atom stereocenters. The Morgan fingerprint density at radius 3 is 2.19 bits per heavy atom. The number of benzene rings is 3. The zero-order chi connectivity index (χ0) is 30.1. The number of hydrogen-bond donors (Lipinski definition) is 1. The molecule has 6 heteroatoms. The molecule has 0 aromatic heterocycles. The first kappa shape index (κ1) is 29.7. The molecule has 1 saturated carbocycles. The molecule has 3 aromatic rings. The number of carbonyl (C=O) groups excluding carboxylic acids is 1. The fraction of sp³-hybridized carbons (Fsp3) is 0.486. The number of primary amides is 1. The van der Waals surface area contributed by atoms with Gasteiger partial charge in [0.1, 0.15) is 5.75 Å². The molecule has 6 nitrogen and oxygen atoms in total. The second-order valence-electron chi connectivity index (χ2n) is 13.4. The van der Waals surface area contributed by atoms with Crippen molar-refractivity contribution in [3.63, 3.8) is 0 Å². The molecule has 6 rings (SSSR count). The molecule has 2 N–H and O–H groups in total. The monoisotopic (exact) mass is 580 g/mol. The highest BCUT2D eigenvalue weighted by Crippen LogP contribution is 2.53. The van der Waals surface area contributed by atoms with Crippen molar-refractivity contribution in [2.75, 3.05) is 44.7 Å². The van der Waals surface area contributed by atoms with Gasteiger partial charge in [-0.05, 0) is 97.0 Å². The minimum absolute atomic E-state index is 0.357. The Hall–Kier alpha value is -3.35. The summed E-state index contributed by atoms with van der Waals surface area (Å²) in [5.74, 6) is 1.05. The average Bonchev–Trinajstić information content (AvgIpc) is 3.03. The first-order valence-electron chi connectivity index (χ1n) is 16.1. The van der Waals surface area contributed by atoms with E-state index in [0.717, 1.165) is 38.5 Å². The van der Waals surface area contributed by atoms with E-state index in [1.807, 2.05) is 24.3 Å². The maximum absolute atomic E-state index is 11.5. The number of methoxy groups -OCH3 is 1. The van der Waals surface area contributed by atoms with Gasteiger partial charge in [-0.2, -0.15) is 0 Å². The number of hydrogen-bond acceptors (Lipinski definition) is 5. The predicted molar refractivity (Wildman–Crippen MR) is 175 cm³/mol. The Kier molecular flexibility index (Phi) is 8.52. The predicted octanol–water partition coefficient (Wildman–Crippen LogP) is 6.79. The number of ether oxygens (including phenoxy) is 1. The molecule has 2 aliphatic heterocycles. The zero-order valence-corrected chi connectivity index (χ0v) is 26.3. The van der Waals surface area contributed by atoms with Crippen LogP contribution < -0.4 is 15.4 Å². The van der Waals surface area contributed by atoms with Crippen molar-refractivity contribution in [2.45, 2.75) is 70.5 Å². The molecule has 3 aromatic carbocycles. The summed E-state index contributed by atoms with van der Waals surface area (Å²) in [6.45, 7) is 12.4. The van der Waals surface area contributed by atoms with Crippen molar-refractivity contribution >= 4 is 11.6 Å². The lowest BCUT2D eigenvalue weighted by Crippen LogP contribution is -2.60. The van der Waals surface area contributed by atoms with Gasteiger partial charge in [0.2, 0.25) is 5.91 Å². The summed E-state index contributed by atoms with van der Waals surface area (Å²) < 4.78 is 5.41. The van der Waals surface area contributed by atoms with Crippen LogP contribution >= 0.6 is 0 Å². The molecular formula is C37H48N4O2. The van der Waals surface area contributed by atoms with E-state index in [4.69, 9.17) is 10.5 Å². The number of nitrogens with zero attached hydrogens (tertiary/aromatic N) is 3. The third-order valence-corrected chi connectivity index (χ3v) is 10.7. The van der Waals surface area contributed by atoms with Gasteiger partial charge in [-0.3, -0.25) is 14.6 Å². The van der Waals surface area contributed by atoms with Gasteiger partial charge in [0.05, 0.1) is 7.11 Å². The van der Waals surface area contributed by atoms with Crippen LogP contribution in [0.15, 0.2) is 72.8 Å². The molecule has 228 valence electrons. The van der Waals surface area contributed by atoms with Crippen LogP contribution in [0.1, 0.15) is 91.5 Å². The maximum Gasteiger partial charge on any atom is 0.248 e. The Labute approximate surface area is 257 Å². The van der Waals surface area contributed by atoms with Crippen LogP contribution in [0, 0.1) is 5.41 Å². The van der Waals surface area contributed by atoms with Crippen molar-refractivity contribution in [3.8, 4) is 5.75 Å². The molecule has 1 aliphatic carbocycles. The minimum Gasteiger partial charge on any atom is -0.497 e. The Morgan fingerprint density at radius 1 is 0.884 bits per heavy atom. The lowest BCUT2D eigenvalue weighted by Gasteiger charge is -2.58. The molecule has 3 aliphatic rings. The second kappa shape index (κ2) is 12.3. The number of carbonyl (C=O) groups is 1. The molecule has 2 saturated heterocycles. The van der Waals surface area contributed by atoms with Crippen molar-refractivity contribution in [3.05, 3.63) is 95.1 Å². The second-order valence-corrected chi connectivity index (χ2v) is 13.4. The Balaban J connectivity index is 1.15. The number of amides is 1. The standard InChI is InChI=1S/C37H48N4O2/c1-26(2)33-7-5-6-8-34(33)35-25-40(27(3)28-11-15-32(43-4)16-12-28)21-22-41(35)31-23-37(24-31)17-19-39(20-18-37)30-13-9-29(10-14-30)36(38)42/h5-16,26-27,31,35H,17-25H2,1-4H3,(H2,38,42). The van der Waals surface area contributed by atoms with Gasteiger partial charge in [0.15, 0.2) is 0 Å². The Bertz CT molecular complexity index is 1390. The van der Waals surface area contributed by atoms with E-state index in [1.165, 1.54) is 48.1 Å². The summed E-state index contributed by atoms with van der Waals surface area (Å²) in [5.41, 5.74) is 12.0. The highest BCUT2D eigenvalue weighted by Gasteiger charge is 2.50. The van der Waals surface area contributed by atoms with E-state index in [2.05, 4.69) is 84.0 Å². The van der Waals surface area contributed by atoms with Gasteiger partial charge in [0, 0.05) is 62.1 Å². The summed E-state index contributed by atoms with van der Waals surface area (Å²) in [4.78, 5) is 19.5. The van der Waals surface area contributed by atoms with Crippen LogP contribution in [0.4, 0.5) is 5.69 Å². The lowest BCUT2D eigenvalue weighted by molar-refractivity contribution is -0.0668. The number of rotatable bonds is 8. The molecule has 2 atom stereocenters. The van der Waals surface area contributed by atoms with E-state index in [0.29, 0.717) is 35.0 Å². The minimum atomic E-state index is -0.366. The molecule has 1 spiro atoms. The summed E-state index contributed by atoms with van der Waals surface area (Å²) in [5, 5.41) is 0. The first-order valence-corrected chi connectivity index (χ1v) is 16.1. The third kappa shape index (κ3) is 6.05.